The van der Waals surface area contributed by atoms with E-state index in [1.807, 2.05) is 35.7 Å². The molecule has 1 aromatic carbocycles. The summed E-state index contributed by atoms with van der Waals surface area (Å²) in [6.45, 7) is 3.02. The maximum atomic E-state index is 12.5. The lowest BCUT2D eigenvalue weighted by Crippen LogP contribution is -2.36. The van der Waals surface area contributed by atoms with Gasteiger partial charge in [0, 0.05) is 30.4 Å². The monoisotopic (exact) mass is 476 g/mol. The van der Waals surface area contributed by atoms with Crippen molar-refractivity contribution in [3.63, 3.8) is 0 Å². The molecule has 1 aliphatic heterocycles. The Labute approximate surface area is 181 Å². The van der Waals surface area contributed by atoms with Crippen molar-refractivity contribution in [2.75, 3.05) is 36.5 Å². The summed E-state index contributed by atoms with van der Waals surface area (Å²) in [5.41, 5.74) is 1.83. The Morgan fingerprint density at radius 1 is 1.28 bits per heavy atom. The number of rotatable bonds is 7. The smallest absolute Gasteiger partial charge is 0.226 e. The van der Waals surface area contributed by atoms with Crippen LogP contribution in [-0.4, -0.2) is 42.4 Å². The van der Waals surface area contributed by atoms with Gasteiger partial charge in [-0.05, 0) is 36.1 Å². The molecule has 0 unspecified atom stereocenters. The molecule has 0 bridgehead atoms. The molecule has 2 aromatic heterocycles. The zero-order valence-corrected chi connectivity index (χ0v) is 18.2. The molecule has 3 aromatic rings. The summed E-state index contributed by atoms with van der Waals surface area (Å²) < 4.78 is 11.6. The minimum atomic E-state index is -0.0318. The molecule has 1 saturated heterocycles. The summed E-state index contributed by atoms with van der Waals surface area (Å²) in [4.78, 5) is 20.1. The van der Waals surface area contributed by atoms with Crippen LogP contribution in [0.2, 0.25) is 0 Å². The molecule has 1 aliphatic rings. The molecule has 1 fully saturated rings. The molecule has 152 valence electrons. The first-order valence-corrected chi connectivity index (χ1v) is 11.1. The first kappa shape index (κ1) is 20.1. The van der Waals surface area contributed by atoms with Crippen LogP contribution < -0.4 is 10.2 Å². The minimum absolute atomic E-state index is 0.0318. The first-order valence-electron chi connectivity index (χ1n) is 9.47. The maximum Gasteiger partial charge on any atom is 0.226 e. The Morgan fingerprint density at radius 2 is 2.14 bits per heavy atom. The second kappa shape index (κ2) is 9.51. The molecular formula is C20H21BrN4O3S. The Bertz CT molecular complexity index is 955. The van der Waals surface area contributed by atoms with Crippen molar-refractivity contribution >= 4 is 44.5 Å². The van der Waals surface area contributed by atoms with E-state index in [4.69, 9.17) is 9.26 Å². The molecule has 1 N–H and O–H groups in total. The topological polar surface area (TPSA) is 80.5 Å². The van der Waals surface area contributed by atoms with Gasteiger partial charge in [0.25, 0.3) is 0 Å². The van der Waals surface area contributed by atoms with Crippen LogP contribution in [0.25, 0.3) is 10.7 Å². The number of ether oxygens (including phenoxy) is 1. The fourth-order valence-electron chi connectivity index (χ4n) is 3.16. The highest BCUT2D eigenvalue weighted by atomic mass is 79.9. The second-order valence-electron chi connectivity index (χ2n) is 6.65. The van der Waals surface area contributed by atoms with Crippen molar-refractivity contribution in [1.82, 2.24) is 10.1 Å². The number of nitrogens with one attached hydrogen (secondary N) is 1. The van der Waals surface area contributed by atoms with Gasteiger partial charge < -0.3 is 19.5 Å². The van der Waals surface area contributed by atoms with Crippen molar-refractivity contribution in [2.45, 2.75) is 19.3 Å². The largest absolute Gasteiger partial charge is 0.378 e. The molecule has 29 heavy (non-hydrogen) atoms. The van der Waals surface area contributed by atoms with Crippen LogP contribution in [0, 0.1) is 0 Å². The first-order chi connectivity index (χ1) is 14.2. The lowest BCUT2D eigenvalue weighted by Gasteiger charge is -2.30. The molecule has 0 spiro atoms. The molecule has 4 rings (SSSR count). The lowest BCUT2D eigenvalue weighted by molar-refractivity contribution is -0.116. The molecule has 0 radical (unpaired) electrons. The van der Waals surface area contributed by atoms with E-state index in [2.05, 4.69) is 36.3 Å². The number of thiophene rings is 1. The number of carbonyl (C=O) groups excluding carboxylic acids is 1. The third-order valence-electron chi connectivity index (χ3n) is 4.59. The van der Waals surface area contributed by atoms with Crippen LogP contribution in [0.1, 0.15) is 18.7 Å². The van der Waals surface area contributed by atoms with Gasteiger partial charge >= 0.3 is 0 Å². The van der Waals surface area contributed by atoms with Gasteiger partial charge in [0.15, 0.2) is 0 Å². The molecule has 0 saturated carbocycles. The molecule has 0 aliphatic carbocycles. The summed E-state index contributed by atoms with van der Waals surface area (Å²) in [7, 11) is 0. The SMILES string of the molecule is O=C(CCCc1nc(-c2cccs2)no1)Nc1cc(Br)ccc1N1CCOCC1. The van der Waals surface area contributed by atoms with E-state index >= 15 is 0 Å². The number of aromatic nitrogens is 2. The van der Waals surface area contributed by atoms with Gasteiger partial charge in [0.2, 0.25) is 17.6 Å². The third-order valence-corrected chi connectivity index (χ3v) is 5.95. The number of hydrogen-bond acceptors (Lipinski definition) is 7. The number of nitrogens with zero attached hydrogens (tertiary/aromatic N) is 3. The van der Waals surface area contributed by atoms with Gasteiger partial charge in [-0.25, -0.2) is 0 Å². The Morgan fingerprint density at radius 3 is 2.93 bits per heavy atom. The van der Waals surface area contributed by atoms with Crippen molar-refractivity contribution in [1.29, 1.82) is 0 Å². The molecular weight excluding hydrogens is 456 g/mol. The average Bonchev–Trinajstić information content (AvgIpc) is 3.41. The summed E-state index contributed by atoms with van der Waals surface area (Å²) in [5, 5.41) is 9.02. The molecule has 0 atom stereocenters. The standard InChI is InChI=1S/C20H21BrN4O3S/c21-14-6-7-16(25-8-10-27-11-9-25)15(13-14)22-18(26)4-1-5-19-23-20(24-28-19)17-3-2-12-29-17/h2-3,6-7,12-13H,1,4-5,8-11H2,(H,22,26). The van der Waals surface area contributed by atoms with E-state index in [1.54, 1.807) is 11.3 Å². The summed E-state index contributed by atoms with van der Waals surface area (Å²) in [5.74, 6) is 1.12. The Hall–Kier alpha value is -2.23. The molecule has 3 heterocycles. The van der Waals surface area contributed by atoms with Crippen LogP contribution in [-0.2, 0) is 16.0 Å². The highest BCUT2D eigenvalue weighted by Gasteiger charge is 2.17. The van der Waals surface area contributed by atoms with Crippen LogP contribution in [0.15, 0.2) is 44.7 Å². The Balaban J connectivity index is 1.32. The van der Waals surface area contributed by atoms with Gasteiger partial charge in [-0.15, -0.1) is 11.3 Å². The van der Waals surface area contributed by atoms with Crippen molar-refractivity contribution in [3.8, 4) is 10.7 Å². The van der Waals surface area contributed by atoms with E-state index in [9.17, 15) is 4.79 Å². The summed E-state index contributed by atoms with van der Waals surface area (Å²) in [6.07, 6.45) is 1.59. The van der Waals surface area contributed by atoms with E-state index in [-0.39, 0.29) is 5.91 Å². The quantitative estimate of drug-likeness (QED) is 0.545. The summed E-state index contributed by atoms with van der Waals surface area (Å²) >= 11 is 5.06. The van der Waals surface area contributed by atoms with Gasteiger partial charge in [0.05, 0.1) is 29.5 Å². The number of amides is 1. The second-order valence-corrected chi connectivity index (χ2v) is 8.52. The molecule has 7 nitrogen and oxygen atoms in total. The van der Waals surface area contributed by atoms with Crippen molar-refractivity contribution < 1.29 is 14.1 Å². The van der Waals surface area contributed by atoms with Crippen LogP contribution in [0.4, 0.5) is 11.4 Å². The fourth-order valence-corrected chi connectivity index (χ4v) is 4.17. The average molecular weight is 477 g/mol. The van der Waals surface area contributed by atoms with Gasteiger partial charge in [-0.1, -0.05) is 27.2 Å². The predicted octanol–water partition coefficient (Wildman–Crippen LogP) is 4.36. The fraction of sp³-hybridized carbons (Fsp3) is 0.350. The van der Waals surface area contributed by atoms with Crippen LogP contribution in [0.5, 0.6) is 0 Å². The number of anilines is 2. The van der Waals surface area contributed by atoms with E-state index in [0.29, 0.717) is 44.2 Å². The maximum absolute atomic E-state index is 12.5. The van der Waals surface area contributed by atoms with Gasteiger partial charge in [0.1, 0.15) is 0 Å². The predicted molar refractivity (Wildman–Crippen MR) is 116 cm³/mol. The zero-order valence-electron chi connectivity index (χ0n) is 15.8. The van der Waals surface area contributed by atoms with Crippen LogP contribution in [0.3, 0.4) is 0 Å². The number of halogens is 1. The number of aryl methyl sites for hydroxylation is 1. The number of morpholine rings is 1. The molecule has 1 amide bonds. The highest BCUT2D eigenvalue weighted by Crippen LogP contribution is 2.30. The number of benzene rings is 1. The number of carbonyl (C=O) groups is 1. The van der Waals surface area contributed by atoms with E-state index in [1.165, 1.54) is 0 Å². The number of hydrogen-bond donors (Lipinski definition) is 1. The highest BCUT2D eigenvalue weighted by molar-refractivity contribution is 9.10. The van der Waals surface area contributed by atoms with E-state index < -0.39 is 0 Å². The minimum Gasteiger partial charge on any atom is -0.378 e. The molecule has 9 heteroatoms. The van der Waals surface area contributed by atoms with E-state index in [0.717, 1.165) is 33.8 Å². The van der Waals surface area contributed by atoms with Gasteiger partial charge in [-0.2, -0.15) is 4.98 Å². The van der Waals surface area contributed by atoms with Gasteiger partial charge in [-0.3, -0.25) is 4.79 Å². The zero-order chi connectivity index (χ0) is 20.1. The Kier molecular flexibility index (Phi) is 6.58. The van der Waals surface area contributed by atoms with Crippen molar-refractivity contribution in [2.24, 2.45) is 0 Å². The van der Waals surface area contributed by atoms with Crippen LogP contribution >= 0.6 is 27.3 Å². The van der Waals surface area contributed by atoms with Crippen molar-refractivity contribution in [3.05, 3.63) is 46.1 Å². The lowest BCUT2D eigenvalue weighted by atomic mass is 10.2. The normalized spacial score (nSPS) is 14.2. The third kappa shape index (κ3) is 5.23. The summed E-state index contributed by atoms with van der Waals surface area (Å²) in [6, 6.07) is 9.86.